The maximum absolute atomic E-state index is 13.1. The van der Waals surface area contributed by atoms with E-state index in [1.165, 1.54) is 18.2 Å². The largest absolute Gasteiger partial charge is 0.341 e. The minimum absolute atomic E-state index is 0. The number of carbonyl (C=O) groups is 2. The van der Waals surface area contributed by atoms with Gasteiger partial charge in [0, 0.05) is 24.7 Å². The van der Waals surface area contributed by atoms with Gasteiger partial charge >= 0.3 is 0 Å². The van der Waals surface area contributed by atoms with Crippen molar-refractivity contribution >= 4 is 41.5 Å². The third kappa shape index (κ3) is 5.06. The van der Waals surface area contributed by atoms with Crippen molar-refractivity contribution < 1.29 is 14.0 Å². The number of piperidine rings is 1. The number of carbonyl (C=O) groups excluding carboxylic acids is 2. The number of rotatable bonds is 3. The van der Waals surface area contributed by atoms with Gasteiger partial charge in [0.25, 0.3) is 0 Å². The summed E-state index contributed by atoms with van der Waals surface area (Å²) < 4.78 is 13.1. The Morgan fingerprint density at radius 3 is 2.52 bits per heavy atom. The third-order valence-electron chi connectivity index (χ3n) is 3.75. The van der Waals surface area contributed by atoms with Crippen molar-refractivity contribution in [3.63, 3.8) is 0 Å². The smallest absolute Gasteiger partial charge is 0.239 e. The predicted molar refractivity (Wildman–Crippen MR) is 90.2 cm³/mol. The molecule has 8 heteroatoms. The van der Waals surface area contributed by atoms with E-state index in [-0.39, 0.29) is 35.2 Å². The molecular formula is C15H20Cl2FN3O2. The lowest BCUT2D eigenvalue weighted by molar-refractivity contribution is -0.135. The highest BCUT2D eigenvalue weighted by molar-refractivity contribution is 6.31. The molecule has 0 spiro atoms. The lowest BCUT2D eigenvalue weighted by Crippen LogP contribution is -2.47. The molecule has 0 bridgehead atoms. The van der Waals surface area contributed by atoms with E-state index >= 15 is 0 Å². The molecule has 0 radical (unpaired) electrons. The van der Waals surface area contributed by atoms with Crippen molar-refractivity contribution in [2.75, 3.05) is 18.4 Å². The van der Waals surface area contributed by atoms with Gasteiger partial charge in [0.05, 0.1) is 11.1 Å². The zero-order valence-electron chi connectivity index (χ0n) is 12.7. The van der Waals surface area contributed by atoms with Gasteiger partial charge in [-0.3, -0.25) is 9.59 Å². The van der Waals surface area contributed by atoms with Gasteiger partial charge in [0.15, 0.2) is 0 Å². The van der Waals surface area contributed by atoms with E-state index in [1.807, 2.05) is 0 Å². The van der Waals surface area contributed by atoms with Crippen molar-refractivity contribution in [2.24, 2.45) is 11.7 Å². The quantitative estimate of drug-likeness (QED) is 0.865. The van der Waals surface area contributed by atoms with Crippen LogP contribution in [0.5, 0.6) is 0 Å². The van der Waals surface area contributed by atoms with Gasteiger partial charge < -0.3 is 16.0 Å². The van der Waals surface area contributed by atoms with Crippen LogP contribution in [0, 0.1) is 11.7 Å². The van der Waals surface area contributed by atoms with Crippen molar-refractivity contribution in [1.82, 2.24) is 4.90 Å². The van der Waals surface area contributed by atoms with Gasteiger partial charge in [-0.05, 0) is 38.0 Å². The Kier molecular flexibility index (Phi) is 7.25. The molecule has 1 heterocycles. The van der Waals surface area contributed by atoms with Crippen LogP contribution in [0.4, 0.5) is 10.1 Å². The maximum atomic E-state index is 13.1. The van der Waals surface area contributed by atoms with Gasteiger partial charge in [-0.15, -0.1) is 12.4 Å². The van der Waals surface area contributed by atoms with Crippen LogP contribution in [0.3, 0.4) is 0 Å². The first kappa shape index (κ1) is 19.7. The highest BCUT2D eigenvalue weighted by atomic mass is 35.5. The highest BCUT2D eigenvalue weighted by Crippen LogP contribution is 2.22. The van der Waals surface area contributed by atoms with Crippen LogP contribution in [-0.4, -0.2) is 35.8 Å². The molecule has 128 valence electrons. The zero-order valence-corrected chi connectivity index (χ0v) is 14.3. The SMILES string of the molecule is C[C@H](N)C(=O)N1CCC(C(=O)Nc2ccc(F)c(Cl)c2)CC1.Cl. The zero-order chi connectivity index (χ0) is 16.3. The highest BCUT2D eigenvalue weighted by Gasteiger charge is 2.28. The first-order chi connectivity index (χ1) is 10.4. The molecule has 1 fully saturated rings. The number of nitrogens with two attached hydrogens (primary N) is 1. The van der Waals surface area contributed by atoms with E-state index < -0.39 is 11.9 Å². The van der Waals surface area contributed by atoms with Gasteiger partial charge in [-0.25, -0.2) is 4.39 Å². The van der Waals surface area contributed by atoms with E-state index in [0.717, 1.165) is 0 Å². The van der Waals surface area contributed by atoms with Crippen molar-refractivity contribution in [3.05, 3.63) is 29.0 Å². The summed E-state index contributed by atoms with van der Waals surface area (Å²) in [5.74, 6) is -0.942. The molecule has 0 unspecified atom stereocenters. The minimum Gasteiger partial charge on any atom is -0.341 e. The number of likely N-dealkylation sites (tertiary alicyclic amines) is 1. The monoisotopic (exact) mass is 363 g/mol. The van der Waals surface area contributed by atoms with Crippen LogP contribution in [0.1, 0.15) is 19.8 Å². The molecule has 0 saturated carbocycles. The first-order valence-corrected chi connectivity index (χ1v) is 7.56. The van der Waals surface area contributed by atoms with E-state index in [1.54, 1.807) is 11.8 Å². The summed E-state index contributed by atoms with van der Waals surface area (Å²) in [5.41, 5.74) is 6.04. The molecular weight excluding hydrogens is 344 g/mol. The predicted octanol–water partition coefficient (Wildman–Crippen LogP) is 2.43. The molecule has 2 rings (SSSR count). The Morgan fingerprint density at radius 2 is 2.00 bits per heavy atom. The second-order valence-corrected chi connectivity index (χ2v) is 5.91. The Bertz CT molecular complexity index is 576. The van der Waals surface area contributed by atoms with E-state index in [4.69, 9.17) is 17.3 Å². The number of hydrogen-bond donors (Lipinski definition) is 2. The normalized spacial score (nSPS) is 16.4. The number of nitrogens with one attached hydrogen (secondary N) is 1. The second-order valence-electron chi connectivity index (χ2n) is 5.51. The lowest BCUT2D eigenvalue weighted by atomic mass is 9.95. The number of halogens is 3. The summed E-state index contributed by atoms with van der Waals surface area (Å²) >= 11 is 5.68. The second kappa shape index (κ2) is 8.47. The maximum Gasteiger partial charge on any atom is 0.239 e. The Labute approximate surface area is 145 Å². The fourth-order valence-corrected chi connectivity index (χ4v) is 2.65. The van der Waals surface area contributed by atoms with E-state index in [9.17, 15) is 14.0 Å². The number of benzene rings is 1. The molecule has 0 aliphatic carbocycles. The molecule has 1 aliphatic rings. The first-order valence-electron chi connectivity index (χ1n) is 7.18. The third-order valence-corrected chi connectivity index (χ3v) is 4.04. The molecule has 1 aromatic carbocycles. The number of anilines is 1. The molecule has 1 aliphatic heterocycles. The van der Waals surface area contributed by atoms with Gasteiger partial charge in [0.2, 0.25) is 11.8 Å². The summed E-state index contributed by atoms with van der Waals surface area (Å²) in [6, 6.07) is 3.53. The van der Waals surface area contributed by atoms with E-state index in [2.05, 4.69) is 5.32 Å². The molecule has 1 aromatic rings. The van der Waals surface area contributed by atoms with Gasteiger partial charge in [-0.2, -0.15) is 0 Å². The molecule has 23 heavy (non-hydrogen) atoms. The summed E-state index contributed by atoms with van der Waals surface area (Å²) in [6.07, 6.45) is 1.17. The number of hydrogen-bond acceptors (Lipinski definition) is 3. The summed E-state index contributed by atoms with van der Waals surface area (Å²) in [4.78, 5) is 25.7. The Hall–Kier alpha value is -1.37. The van der Waals surface area contributed by atoms with Crippen LogP contribution in [0.25, 0.3) is 0 Å². The fraction of sp³-hybridized carbons (Fsp3) is 0.467. The Balaban J connectivity index is 0.00000264. The summed E-state index contributed by atoms with van der Waals surface area (Å²) in [5, 5.41) is 2.70. The van der Waals surface area contributed by atoms with Crippen molar-refractivity contribution in [2.45, 2.75) is 25.8 Å². The number of nitrogens with zero attached hydrogens (tertiary/aromatic N) is 1. The standard InChI is InChI=1S/C15H19ClFN3O2.ClH/c1-9(18)15(22)20-6-4-10(5-7-20)14(21)19-11-2-3-13(17)12(16)8-11;/h2-3,8-10H,4-7,18H2,1H3,(H,19,21);1H/t9-;/m0./s1. The molecule has 1 saturated heterocycles. The van der Waals surface area contributed by atoms with Crippen molar-refractivity contribution in [1.29, 1.82) is 0 Å². The molecule has 1 atom stereocenters. The van der Waals surface area contributed by atoms with E-state index in [0.29, 0.717) is 31.6 Å². The van der Waals surface area contributed by atoms with Crippen molar-refractivity contribution in [3.8, 4) is 0 Å². The molecule has 3 N–H and O–H groups in total. The molecule has 2 amide bonds. The molecule has 0 aromatic heterocycles. The lowest BCUT2D eigenvalue weighted by Gasteiger charge is -2.32. The summed E-state index contributed by atoms with van der Waals surface area (Å²) in [6.45, 7) is 2.69. The average Bonchev–Trinajstić information content (AvgIpc) is 2.50. The molecule has 5 nitrogen and oxygen atoms in total. The average molecular weight is 364 g/mol. The topological polar surface area (TPSA) is 75.4 Å². The van der Waals surface area contributed by atoms with Gasteiger partial charge in [-0.1, -0.05) is 11.6 Å². The van der Waals surface area contributed by atoms with Crippen LogP contribution < -0.4 is 11.1 Å². The van der Waals surface area contributed by atoms with Crippen LogP contribution in [-0.2, 0) is 9.59 Å². The van der Waals surface area contributed by atoms with Gasteiger partial charge in [0.1, 0.15) is 5.82 Å². The fourth-order valence-electron chi connectivity index (χ4n) is 2.47. The number of amides is 2. The van der Waals surface area contributed by atoms with Crippen LogP contribution in [0.15, 0.2) is 18.2 Å². The minimum atomic E-state index is -0.526. The van der Waals surface area contributed by atoms with Crippen LogP contribution in [0.2, 0.25) is 5.02 Å². The van der Waals surface area contributed by atoms with Crippen LogP contribution >= 0.6 is 24.0 Å². The Morgan fingerprint density at radius 1 is 1.39 bits per heavy atom. The summed E-state index contributed by atoms with van der Waals surface area (Å²) in [7, 11) is 0.